The summed E-state index contributed by atoms with van der Waals surface area (Å²) in [6.07, 6.45) is -0.647. The Morgan fingerprint density at radius 2 is 1.89 bits per heavy atom. The van der Waals surface area contributed by atoms with Crippen LogP contribution < -0.4 is 16.6 Å². The standard InChI is InChI=1S/C13H19N3O3/c1-9(2)11(12(17)16-14)15-13(18)19-8-10-6-4-3-5-7-10/h3-7,9,11H,8,14H2,1-2H3,(H,15,18)(H,16,17)/t11-/m1/s1. The van der Waals surface area contributed by atoms with Crippen LogP contribution in [0.15, 0.2) is 30.3 Å². The Labute approximate surface area is 112 Å². The first kappa shape index (κ1) is 15.0. The molecule has 0 saturated carbocycles. The van der Waals surface area contributed by atoms with Crippen LogP contribution in [0, 0.1) is 5.92 Å². The van der Waals surface area contributed by atoms with Gasteiger partial charge in [0.2, 0.25) is 0 Å². The predicted molar refractivity (Wildman–Crippen MR) is 70.7 cm³/mol. The van der Waals surface area contributed by atoms with E-state index in [1.165, 1.54) is 0 Å². The molecule has 0 radical (unpaired) electrons. The highest BCUT2D eigenvalue weighted by Crippen LogP contribution is 2.04. The quantitative estimate of drug-likeness (QED) is 0.419. The van der Waals surface area contributed by atoms with Crippen LogP contribution in [0.4, 0.5) is 4.79 Å². The lowest BCUT2D eigenvalue weighted by Gasteiger charge is -2.20. The molecule has 0 bridgehead atoms. The lowest BCUT2D eigenvalue weighted by Crippen LogP contribution is -2.51. The van der Waals surface area contributed by atoms with Crippen LogP contribution in [0.3, 0.4) is 0 Å². The Balaban J connectivity index is 2.47. The molecule has 1 aromatic carbocycles. The highest BCUT2D eigenvalue weighted by molar-refractivity contribution is 5.85. The van der Waals surface area contributed by atoms with Crippen LogP contribution in [0.5, 0.6) is 0 Å². The van der Waals surface area contributed by atoms with E-state index in [0.717, 1.165) is 5.56 Å². The van der Waals surface area contributed by atoms with Crippen LogP contribution in [0.1, 0.15) is 19.4 Å². The van der Waals surface area contributed by atoms with Crippen molar-refractivity contribution in [3.8, 4) is 0 Å². The van der Waals surface area contributed by atoms with E-state index in [1.54, 1.807) is 13.8 Å². The summed E-state index contributed by atoms with van der Waals surface area (Å²) in [4.78, 5) is 23.1. The van der Waals surface area contributed by atoms with E-state index in [4.69, 9.17) is 10.6 Å². The smallest absolute Gasteiger partial charge is 0.408 e. The molecule has 19 heavy (non-hydrogen) atoms. The van der Waals surface area contributed by atoms with Crippen molar-refractivity contribution >= 4 is 12.0 Å². The molecule has 0 aromatic heterocycles. The molecule has 1 atom stereocenters. The van der Waals surface area contributed by atoms with E-state index in [1.807, 2.05) is 35.8 Å². The van der Waals surface area contributed by atoms with Crippen molar-refractivity contribution in [1.82, 2.24) is 10.7 Å². The number of rotatable bonds is 5. The largest absolute Gasteiger partial charge is 0.445 e. The highest BCUT2D eigenvalue weighted by atomic mass is 16.5. The molecular formula is C13H19N3O3. The summed E-state index contributed by atoms with van der Waals surface area (Å²) in [5.41, 5.74) is 2.89. The molecule has 0 spiro atoms. The summed E-state index contributed by atoms with van der Waals surface area (Å²) in [6.45, 7) is 3.76. The number of benzene rings is 1. The number of nitrogens with one attached hydrogen (secondary N) is 2. The van der Waals surface area contributed by atoms with Gasteiger partial charge in [-0.25, -0.2) is 10.6 Å². The van der Waals surface area contributed by atoms with Crippen molar-refractivity contribution in [2.45, 2.75) is 26.5 Å². The van der Waals surface area contributed by atoms with Gasteiger partial charge in [0, 0.05) is 0 Å². The molecule has 0 fully saturated rings. The number of carbonyl (C=O) groups excluding carboxylic acids is 2. The fraction of sp³-hybridized carbons (Fsp3) is 0.385. The molecule has 104 valence electrons. The second-order valence-electron chi connectivity index (χ2n) is 4.44. The molecule has 2 amide bonds. The zero-order valence-electron chi connectivity index (χ0n) is 11.1. The summed E-state index contributed by atoms with van der Waals surface area (Å²) in [5, 5.41) is 2.48. The second kappa shape index (κ2) is 7.38. The van der Waals surface area contributed by atoms with E-state index < -0.39 is 18.0 Å². The van der Waals surface area contributed by atoms with Crippen LogP contribution in [-0.2, 0) is 16.1 Å². The maximum absolute atomic E-state index is 11.6. The van der Waals surface area contributed by atoms with Crippen molar-refractivity contribution in [3.63, 3.8) is 0 Å². The van der Waals surface area contributed by atoms with Gasteiger partial charge in [-0.1, -0.05) is 44.2 Å². The molecule has 6 heteroatoms. The highest BCUT2D eigenvalue weighted by Gasteiger charge is 2.23. The van der Waals surface area contributed by atoms with E-state index >= 15 is 0 Å². The second-order valence-corrected chi connectivity index (χ2v) is 4.44. The normalized spacial score (nSPS) is 11.8. The number of nitrogens with two attached hydrogens (primary N) is 1. The lowest BCUT2D eigenvalue weighted by molar-refractivity contribution is -0.124. The molecule has 0 aliphatic heterocycles. The number of alkyl carbamates (subject to hydrolysis) is 1. The van der Waals surface area contributed by atoms with Crippen LogP contribution in [0.2, 0.25) is 0 Å². The van der Waals surface area contributed by atoms with Gasteiger partial charge in [0.1, 0.15) is 12.6 Å². The number of amides is 2. The Bertz CT molecular complexity index is 420. The predicted octanol–water partition coefficient (Wildman–Crippen LogP) is 0.927. The molecule has 4 N–H and O–H groups in total. The van der Waals surface area contributed by atoms with Gasteiger partial charge >= 0.3 is 6.09 Å². The third kappa shape index (κ3) is 4.97. The number of hydrazine groups is 1. The van der Waals surface area contributed by atoms with Gasteiger partial charge in [-0.05, 0) is 11.5 Å². The van der Waals surface area contributed by atoms with Gasteiger partial charge in [-0.2, -0.15) is 0 Å². The summed E-state index contributed by atoms with van der Waals surface area (Å²) >= 11 is 0. The van der Waals surface area contributed by atoms with Gasteiger partial charge in [0.05, 0.1) is 0 Å². The minimum absolute atomic E-state index is 0.0900. The third-order valence-corrected chi connectivity index (χ3v) is 2.58. The number of hydrogen-bond acceptors (Lipinski definition) is 4. The first-order valence-electron chi connectivity index (χ1n) is 6.02. The van der Waals surface area contributed by atoms with Gasteiger partial charge in [-0.15, -0.1) is 0 Å². The van der Waals surface area contributed by atoms with Crippen LogP contribution in [-0.4, -0.2) is 18.0 Å². The number of hydrogen-bond donors (Lipinski definition) is 3. The van der Waals surface area contributed by atoms with Crippen molar-refractivity contribution in [1.29, 1.82) is 0 Å². The van der Waals surface area contributed by atoms with Crippen molar-refractivity contribution in [3.05, 3.63) is 35.9 Å². The average molecular weight is 265 g/mol. The molecule has 0 aliphatic carbocycles. The van der Waals surface area contributed by atoms with E-state index in [-0.39, 0.29) is 12.5 Å². The molecule has 0 aliphatic rings. The molecule has 0 unspecified atom stereocenters. The molecule has 1 rings (SSSR count). The first-order valence-corrected chi connectivity index (χ1v) is 6.02. The van der Waals surface area contributed by atoms with Crippen molar-refractivity contribution in [2.24, 2.45) is 11.8 Å². The maximum Gasteiger partial charge on any atom is 0.408 e. The topological polar surface area (TPSA) is 93.4 Å². The SMILES string of the molecule is CC(C)[C@@H](NC(=O)OCc1ccccc1)C(=O)NN. The molecular weight excluding hydrogens is 246 g/mol. The van der Waals surface area contributed by atoms with E-state index in [2.05, 4.69) is 5.32 Å². The first-order chi connectivity index (χ1) is 9.04. The minimum atomic E-state index is -0.715. The van der Waals surface area contributed by atoms with Gasteiger partial charge in [0.25, 0.3) is 5.91 Å². The molecule has 0 heterocycles. The van der Waals surface area contributed by atoms with E-state index in [0.29, 0.717) is 0 Å². The summed E-state index contributed by atoms with van der Waals surface area (Å²) < 4.78 is 5.03. The lowest BCUT2D eigenvalue weighted by atomic mass is 10.0. The Morgan fingerprint density at radius 1 is 1.26 bits per heavy atom. The van der Waals surface area contributed by atoms with Gasteiger partial charge in [-0.3, -0.25) is 10.2 Å². The Morgan fingerprint density at radius 3 is 2.42 bits per heavy atom. The number of carbonyl (C=O) groups is 2. The van der Waals surface area contributed by atoms with Gasteiger partial charge < -0.3 is 10.1 Å². The number of ether oxygens (including phenoxy) is 1. The Hall–Kier alpha value is -2.08. The molecule has 6 nitrogen and oxygen atoms in total. The van der Waals surface area contributed by atoms with E-state index in [9.17, 15) is 9.59 Å². The Kier molecular flexibility index (Phi) is 5.81. The zero-order chi connectivity index (χ0) is 14.3. The zero-order valence-corrected chi connectivity index (χ0v) is 11.1. The fourth-order valence-corrected chi connectivity index (χ4v) is 1.52. The maximum atomic E-state index is 11.6. The third-order valence-electron chi connectivity index (χ3n) is 2.58. The van der Waals surface area contributed by atoms with Crippen molar-refractivity contribution < 1.29 is 14.3 Å². The molecule has 0 saturated heterocycles. The summed E-state index contributed by atoms with van der Waals surface area (Å²) in [7, 11) is 0. The van der Waals surface area contributed by atoms with Gasteiger partial charge in [0.15, 0.2) is 0 Å². The fourth-order valence-electron chi connectivity index (χ4n) is 1.52. The van der Waals surface area contributed by atoms with Crippen LogP contribution in [0.25, 0.3) is 0 Å². The summed E-state index contributed by atoms with van der Waals surface area (Å²) in [6, 6.07) is 8.57. The minimum Gasteiger partial charge on any atom is -0.445 e. The van der Waals surface area contributed by atoms with Crippen LogP contribution >= 0.6 is 0 Å². The van der Waals surface area contributed by atoms with Crippen molar-refractivity contribution in [2.75, 3.05) is 0 Å². The summed E-state index contributed by atoms with van der Waals surface area (Å²) in [5.74, 6) is 4.52. The monoisotopic (exact) mass is 265 g/mol. The molecule has 1 aromatic rings. The average Bonchev–Trinajstić information content (AvgIpc) is 2.42.